The number of nitrogens with zero attached hydrogens (tertiary/aromatic N) is 3. The smallest absolute Gasteiger partial charge is 0.252 e. The van der Waals surface area contributed by atoms with Crippen LogP contribution in [-0.4, -0.2) is 35.4 Å². The number of hydrogen-bond acceptors (Lipinski definition) is 3. The van der Waals surface area contributed by atoms with Gasteiger partial charge >= 0.3 is 0 Å². The molecule has 1 amide bonds. The van der Waals surface area contributed by atoms with Crippen molar-refractivity contribution in [3.05, 3.63) is 29.6 Å². The van der Waals surface area contributed by atoms with Crippen molar-refractivity contribution in [1.29, 1.82) is 0 Å². The van der Waals surface area contributed by atoms with Crippen LogP contribution in [0.2, 0.25) is 0 Å². The van der Waals surface area contributed by atoms with E-state index >= 15 is 0 Å². The SMILES string of the molecule is CCCCNC(=O)c1ccc2nc(C)c(N(C)CCCC)n2c1. The van der Waals surface area contributed by atoms with Crippen molar-refractivity contribution in [1.82, 2.24) is 14.7 Å². The Hall–Kier alpha value is -2.04. The molecule has 5 nitrogen and oxygen atoms in total. The van der Waals surface area contributed by atoms with Gasteiger partial charge in [0.2, 0.25) is 0 Å². The topological polar surface area (TPSA) is 49.6 Å². The molecule has 0 saturated carbocycles. The fourth-order valence-electron chi connectivity index (χ4n) is 2.73. The Morgan fingerprint density at radius 3 is 2.70 bits per heavy atom. The Balaban J connectivity index is 2.28. The summed E-state index contributed by atoms with van der Waals surface area (Å²) in [5.74, 6) is 1.05. The van der Waals surface area contributed by atoms with E-state index in [-0.39, 0.29) is 5.91 Å². The Morgan fingerprint density at radius 1 is 1.26 bits per heavy atom. The van der Waals surface area contributed by atoms with Crippen LogP contribution in [0.15, 0.2) is 18.3 Å². The number of amides is 1. The summed E-state index contributed by atoms with van der Waals surface area (Å²) >= 11 is 0. The molecule has 5 heteroatoms. The summed E-state index contributed by atoms with van der Waals surface area (Å²) in [6.07, 6.45) is 6.27. The molecule has 2 aromatic rings. The van der Waals surface area contributed by atoms with Gasteiger partial charge in [-0.1, -0.05) is 26.7 Å². The van der Waals surface area contributed by atoms with Gasteiger partial charge in [0.05, 0.1) is 11.3 Å². The molecule has 0 spiro atoms. The van der Waals surface area contributed by atoms with E-state index in [9.17, 15) is 4.79 Å². The third-order valence-corrected chi connectivity index (χ3v) is 4.05. The number of aromatic nitrogens is 2. The minimum atomic E-state index is -0.0196. The zero-order valence-corrected chi connectivity index (χ0v) is 14.7. The molecule has 0 saturated heterocycles. The van der Waals surface area contributed by atoms with Crippen LogP contribution in [-0.2, 0) is 0 Å². The summed E-state index contributed by atoms with van der Waals surface area (Å²) in [7, 11) is 2.08. The third kappa shape index (κ3) is 4.03. The van der Waals surface area contributed by atoms with Gasteiger partial charge in [-0.3, -0.25) is 9.20 Å². The molecule has 2 heterocycles. The van der Waals surface area contributed by atoms with Crippen LogP contribution in [0, 0.1) is 6.92 Å². The van der Waals surface area contributed by atoms with E-state index in [1.54, 1.807) is 0 Å². The van der Waals surface area contributed by atoms with Crippen molar-refractivity contribution in [2.75, 3.05) is 25.0 Å². The Kier molecular flexibility index (Phi) is 6.02. The van der Waals surface area contributed by atoms with Crippen LogP contribution in [0.25, 0.3) is 5.65 Å². The first-order valence-corrected chi connectivity index (χ1v) is 8.56. The Morgan fingerprint density at radius 2 is 2.00 bits per heavy atom. The van der Waals surface area contributed by atoms with E-state index in [0.717, 1.165) is 55.9 Å². The highest BCUT2D eigenvalue weighted by atomic mass is 16.1. The van der Waals surface area contributed by atoms with Gasteiger partial charge in [-0.05, 0) is 31.9 Å². The lowest BCUT2D eigenvalue weighted by Gasteiger charge is -2.19. The van der Waals surface area contributed by atoms with Gasteiger partial charge in [0.15, 0.2) is 0 Å². The van der Waals surface area contributed by atoms with E-state index in [4.69, 9.17) is 0 Å². The van der Waals surface area contributed by atoms with Gasteiger partial charge in [-0.25, -0.2) is 4.98 Å². The van der Waals surface area contributed by atoms with Crippen molar-refractivity contribution in [3.63, 3.8) is 0 Å². The maximum absolute atomic E-state index is 12.3. The maximum Gasteiger partial charge on any atom is 0.252 e. The predicted octanol–water partition coefficient (Wildman–Crippen LogP) is 3.41. The highest BCUT2D eigenvalue weighted by Gasteiger charge is 2.14. The van der Waals surface area contributed by atoms with Gasteiger partial charge in [-0.2, -0.15) is 0 Å². The number of hydrogen-bond donors (Lipinski definition) is 1. The van der Waals surface area contributed by atoms with Crippen LogP contribution < -0.4 is 10.2 Å². The van der Waals surface area contributed by atoms with Crippen LogP contribution in [0.4, 0.5) is 5.82 Å². The van der Waals surface area contributed by atoms with Gasteiger partial charge < -0.3 is 10.2 Å². The van der Waals surface area contributed by atoms with Crippen molar-refractivity contribution in [3.8, 4) is 0 Å². The molecule has 0 unspecified atom stereocenters. The van der Waals surface area contributed by atoms with Crippen molar-refractivity contribution in [2.45, 2.75) is 46.5 Å². The summed E-state index contributed by atoms with van der Waals surface area (Å²) in [6.45, 7) is 8.03. The zero-order chi connectivity index (χ0) is 16.8. The van der Waals surface area contributed by atoms with Gasteiger partial charge in [0, 0.05) is 26.3 Å². The van der Waals surface area contributed by atoms with Gasteiger partial charge in [0.1, 0.15) is 11.5 Å². The van der Waals surface area contributed by atoms with Gasteiger partial charge in [-0.15, -0.1) is 0 Å². The Labute approximate surface area is 138 Å². The fraction of sp³-hybridized carbons (Fsp3) is 0.556. The number of carbonyl (C=O) groups excluding carboxylic acids is 1. The first-order valence-electron chi connectivity index (χ1n) is 8.56. The standard InChI is InChI=1S/C18H28N4O/c1-5-7-11-19-17(23)15-9-10-16-20-14(3)18(22(16)13-15)21(4)12-8-6-2/h9-10,13H,5-8,11-12H2,1-4H3,(H,19,23). The molecule has 126 valence electrons. The number of pyridine rings is 1. The molecule has 2 aromatic heterocycles. The average Bonchev–Trinajstić information content (AvgIpc) is 2.87. The summed E-state index contributed by atoms with van der Waals surface area (Å²) in [4.78, 5) is 19.1. The monoisotopic (exact) mass is 316 g/mol. The van der Waals surface area contributed by atoms with Crippen molar-refractivity contribution >= 4 is 17.4 Å². The number of unbranched alkanes of at least 4 members (excludes halogenated alkanes) is 2. The molecule has 0 fully saturated rings. The molecule has 0 aliphatic rings. The minimum absolute atomic E-state index is 0.0196. The van der Waals surface area contributed by atoms with E-state index in [1.165, 1.54) is 0 Å². The largest absolute Gasteiger partial charge is 0.359 e. The van der Waals surface area contributed by atoms with E-state index < -0.39 is 0 Å². The number of nitrogens with one attached hydrogen (secondary N) is 1. The number of imidazole rings is 1. The minimum Gasteiger partial charge on any atom is -0.359 e. The molecule has 0 aliphatic carbocycles. The number of anilines is 1. The van der Waals surface area contributed by atoms with Gasteiger partial charge in [0.25, 0.3) is 5.91 Å². The lowest BCUT2D eigenvalue weighted by molar-refractivity contribution is 0.0952. The van der Waals surface area contributed by atoms with Crippen LogP contribution in [0.5, 0.6) is 0 Å². The first kappa shape index (κ1) is 17.3. The predicted molar refractivity (Wildman–Crippen MR) is 95.3 cm³/mol. The quantitative estimate of drug-likeness (QED) is 0.759. The summed E-state index contributed by atoms with van der Waals surface area (Å²) < 4.78 is 2.03. The molecule has 23 heavy (non-hydrogen) atoms. The second-order valence-corrected chi connectivity index (χ2v) is 6.05. The maximum atomic E-state index is 12.3. The lowest BCUT2D eigenvalue weighted by atomic mass is 10.2. The number of carbonyl (C=O) groups is 1. The number of rotatable bonds is 8. The van der Waals surface area contributed by atoms with Crippen molar-refractivity contribution < 1.29 is 4.79 Å². The molecule has 0 bridgehead atoms. The summed E-state index contributed by atoms with van der Waals surface area (Å²) in [5.41, 5.74) is 2.55. The molecular weight excluding hydrogens is 288 g/mol. The second-order valence-electron chi connectivity index (χ2n) is 6.05. The third-order valence-electron chi connectivity index (χ3n) is 4.05. The summed E-state index contributed by atoms with van der Waals surface area (Å²) in [5, 5.41) is 2.97. The van der Waals surface area contributed by atoms with E-state index in [1.807, 2.05) is 29.7 Å². The van der Waals surface area contributed by atoms with E-state index in [2.05, 4.69) is 36.1 Å². The fourth-order valence-corrected chi connectivity index (χ4v) is 2.73. The molecule has 0 aromatic carbocycles. The number of aryl methyl sites for hydroxylation is 1. The molecule has 0 radical (unpaired) electrons. The normalized spacial score (nSPS) is 11.0. The second kappa shape index (κ2) is 7.99. The highest BCUT2D eigenvalue weighted by Crippen LogP contribution is 2.22. The highest BCUT2D eigenvalue weighted by molar-refractivity contribution is 5.94. The lowest BCUT2D eigenvalue weighted by Crippen LogP contribution is -2.25. The molecule has 0 atom stereocenters. The number of fused-ring (bicyclic) bond motifs is 1. The molecular formula is C18H28N4O. The molecule has 2 rings (SSSR count). The van der Waals surface area contributed by atoms with Crippen molar-refractivity contribution in [2.24, 2.45) is 0 Å². The molecule has 0 aliphatic heterocycles. The first-order chi connectivity index (χ1) is 11.1. The van der Waals surface area contributed by atoms with Crippen LogP contribution in [0.1, 0.15) is 55.6 Å². The average molecular weight is 316 g/mol. The summed E-state index contributed by atoms with van der Waals surface area (Å²) in [6, 6.07) is 3.76. The Bertz CT molecular complexity index is 662. The molecule has 1 N–H and O–H groups in total. The van der Waals surface area contributed by atoms with Crippen LogP contribution >= 0.6 is 0 Å². The van der Waals surface area contributed by atoms with E-state index in [0.29, 0.717) is 5.56 Å². The zero-order valence-electron chi connectivity index (χ0n) is 14.7. The van der Waals surface area contributed by atoms with Crippen LogP contribution in [0.3, 0.4) is 0 Å².